The van der Waals surface area contributed by atoms with Crippen LogP contribution in [0.4, 0.5) is 0 Å². The summed E-state index contributed by atoms with van der Waals surface area (Å²) in [4.78, 5) is 24.7. The van der Waals surface area contributed by atoms with Gasteiger partial charge >= 0.3 is 5.69 Å². The van der Waals surface area contributed by atoms with Gasteiger partial charge in [-0.05, 0) is 30.3 Å². The van der Waals surface area contributed by atoms with Crippen molar-refractivity contribution in [1.82, 2.24) is 14.2 Å². The molecule has 2 aromatic heterocycles. The van der Waals surface area contributed by atoms with Crippen molar-refractivity contribution in [2.75, 3.05) is 13.2 Å². The fourth-order valence-electron chi connectivity index (χ4n) is 2.53. The van der Waals surface area contributed by atoms with E-state index in [9.17, 15) is 9.59 Å². The van der Waals surface area contributed by atoms with E-state index in [4.69, 9.17) is 9.47 Å². The Bertz CT molecular complexity index is 957. The third-order valence-electron chi connectivity index (χ3n) is 3.69. The standard InChI is InChI=1S/C16H13N3O4/c20-13(11-3-4-14-15(8-11)23-7-6-22-14)10-19-16(21)18-5-1-2-12(18)9-17-19/h1-5,8-9H,6-7,10H2. The van der Waals surface area contributed by atoms with Crippen molar-refractivity contribution in [2.45, 2.75) is 6.54 Å². The van der Waals surface area contributed by atoms with Crippen LogP contribution in [0.1, 0.15) is 10.4 Å². The van der Waals surface area contributed by atoms with E-state index in [1.165, 1.54) is 4.40 Å². The monoisotopic (exact) mass is 311 g/mol. The lowest BCUT2D eigenvalue weighted by molar-refractivity contribution is 0.0963. The van der Waals surface area contributed by atoms with Crippen molar-refractivity contribution in [3.8, 4) is 11.5 Å². The number of ketones is 1. The van der Waals surface area contributed by atoms with Crippen molar-refractivity contribution in [3.63, 3.8) is 0 Å². The lowest BCUT2D eigenvalue weighted by Crippen LogP contribution is -2.31. The molecule has 0 N–H and O–H groups in total. The highest BCUT2D eigenvalue weighted by Gasteiger charge is 2.16. The molecule has 7 nitrogen and oxygen atoms in total. The van der Waals surface area contributed by atoms with Gasteiger partial charge < -0.3 is 9.47 Å². The van der Waals surface area contributed by atoms with E-state index in [2.05, 4.69) is 5.10 Å². The first kappa shape index (κ1) is 13.6. The van der Waals surface area contributed by atoms with Gasteiger partial charge in [-0.1, -0.05) is 0 Å². The second-order valence-electron chi connectivity index (χ2n) is 5.17. The third-order valence-corrected chi connectivity index (χ3v) is 3.69. The minimum absolute atomic E-state index is 0.132. The van der Waals surface area contributed by atoms with E-state index in [-0.39, 0.29) is 18.0 Å². The number of fused-ring (bicyclic) bond motifs is 2. The van der Waals surface area contributed by atoms with Crippen LogP contribution in [0, 0.1) is 0 Å². The summed E-state index contributed by atoms with van der Waals surface area (Å²) in [5.41, 5.74) is 0.798. The highest BCUT2D eigenvalue weighted by molar-refractivity contribution is 5.96. The number of benzene rings is 1. The quantitative estimate of drug-likeness (QED) is 0.678. The molecule has 0 atom stereocenters. The molecule has 0 saturated heterocycles. The molecule has 0 aliphatic carbocycles. The molecule has 7 heteroatoms. The van der Waals surface area contributed by atoms with Crippen LogP contribution < -0.4 is 15.2 Å². The second kappa shape index (κ2) is 5.28. The smallest absolute Gasteiger partial charge is 0.349 e. The van der Waals surface area contributed by atoms with Gasteiger partial charge in [0.25, 0.3) is 0 Å². The highest BCUT2D eigenvalue weighted by Crippen LogP contribution is 2.30. The molecule has 0 amide bonds. The maximum atomic E-state index is 12.4. The molecule has 116 valence electrons. The zero-order valence-electron chi connectivity index (χ0n) is 12.1. The first-order chi connectivity index (χ1) is 11.2. The lowest BCUT2D eigenvalue weighted by atomic mass is 10.1. The van der Waals surface area contributed by atoms with Crippen molar-refractivity contribution >= 4 is 11.3 Å². The normalized spacial score (nSPS) is 13.2. The Morgan fingerprint density at radius 1 is 1.17 bits per heavy atom. The second-order valence-corrected chi connectivity index (χ2v) is 5.17. The molecule has 3 aromatic rings. The molecule has 0 spiro atoms. The molecule has 0 fully saturated rings. The van der Waals surface area contributed by atoms with Gasteiger partial charge in [0.1, 0.15) is 19.8 Å². The lowest BCUT2D eigenvalue weighted by Gasteiger charge is -2.18. The van der Waals surface area contributed by atoms with Crippen molar-refractivity contribution in [2.24, 2.45) is 0 Å². The molecule has 4 rings (SSSR count). The summed E-state index contributed by atoms with van der Waals surface area (Å²) in [7, 11) is 0. The largest absolute Gasteiger partial charge is 0.486 e. The van der Waals surface area contributed by atoms with Crippen molar-refractivity contribution < 1.29 is 14.3 Å². The van der Waals surface area contributed by atoms with Crippen molar-refractivity contribution in [3.05, 3.63) is 58.8 Å². The molecule has 0 saturated carbocycles. The molecular formula is C16H13N3O4. The van der Waals surface area contributed by atoms with Gasteiger partial charge in [0.2, 0.25) is 0 Å². The number of hydrogen-bond acceptors (Lipinski definition) is 5. The van der Waals surface area contributed by atoms with Gasteiger partial charge in [-0.15, -0.1) is 0 Å². The average molecular weight is 311 g/mol. The molecule has 1 aliphatic heterocycles. The van der Waals surface area contributed by atoms with E-state index < -0.39 is 0 Å². The van der Waals surface area contributed by atoms with Crippen LogP contribution in [-0.4, -0.2) is 33.2 Å². The third kappa shape index (κ3) is 2.36. The van der Waals surface area contributed by atoms with E-state index in [0.717, 1.165) is 4.68 Å². The minimum Gasteiger partial charge on any atom is -0.486 e. The number of rotatable bonds is 3. The molecule has 23 heavy (non-hydrogen) atoms. The summed E-state index contributed by atoms with van der Waals surface area (Å²) in [5.74, 6) is 0.947. The Hall–Kier alpha value is -3.09. The molecule has 1 aromatic carbocycles. The van der Waals surface area contributed by atoms with Gasteiger partial charge in [-0.25, -0.2) is 9.48 Å². The SMILES string of the molecule is O=C(Cn1ncc2cccn2c1=O)c1ccc2c(c1)OCCO2. The predicted octanol–water partition coefficient (Wildman–Crippen LogP) is 1.15. The number of Topliss-reactive ketones (excluding diaryl/α,β-unsaturated/α-hetero) is 1. The fourth-order valence-corrected chi connectivity index (χ4v) is 2.53. The topological polar surface area (TPSA) is 74.8 Å². The minimum atomic E-state index is -0.349. The summed E-state index contributed by atoms with van der Waals surface area (Å²) in [6, 6.07) is 8.53. The molecule has 0 unspecified atom stereocenters. The van der Waals surface area contributed by atoms with E-state index in [0.29, 0.717) is 35.8 Å². The maximum Gasteiger partial charge on any atom is 0.349 e. The summed E-state index contributed by atoms with van der Waals surface area (Å²) >= 11 is 0. The van der Waals surface area contributed by atoms with Crippen molar-refractivity contribution in [1.29, 1.82) is 0 Å². The van der Waals surface area contributed by atoms with Crippen LogP contribution in [0.15, 0.2) is 47.5 Å². The molecule has 0 bridgehead atoms. The number of nitrogens with zero attached hydrogens (tertiary/aromatic N) is 3. The summed E-state index contributed by atoms with van der Waals surface area (Å²) < 4.78 is 13.5. The van der Waals surface area contributed by atoms with Gasteiger partial charge in [0, 0.05) is 11.8 Å². The van der Waals surface area contributed by atoms with Gasteiger partial charge in [-0.2, -0.15) is 5.10 Å². The number of hydrogen-bond donors (Lipinski definition) is 0. The summed E-state index contributed by atoms with van der Waals surface area (Å²) in [6.45, 7) is 0.818. The maximum absolute atomic E-state index is 12.4. The molecule has 3 heterocycles. The van der Waals surface area contributed by atoms with Crippen LogP contribution in [0.5, 0.6) is 11.5 Å². The van der Waals surface area contributed by atoms with E-state index in [1.807, 2.05) is 0 Å². The average Bonchev–Trinajstić information content (AvgIpc) is 3.06. The number of aromatic nitrogens is 3. The van der Waals surface area contributed by atoms with Gasteiger partial charge in [0.15, 0.2) is 17.3 Å². The van der Waals surface area contributed by atoms with Crippen LogP contribution >= 0.6 is 0 Å². The van der Waals surface area contributed by atoms with Gasteiger partial charge in [-0.3, -0.25) is 9.20 Å². The zero-order chi connectivity index (χ0) is 15.8. The molecule has 1 aliphatic rings. The van der Waals surface area contributed by atoms with Crippen LogP contribution in [-0.2, 0) is 6.54 Å². The Balaban J connectivity index is 1.64. The number of carbonyl (C=O) groups excluding carboxylic acids is 1. The summed E-state index contributed by atoms with van der Waals surface area (Å²) in [5, 5.41) is 4.04. The predicted molar refractivity (Wildman–Crippen MR) is 81.2 cm³/mol. The molecular weight excluding hydrogens is 298 g/mol. The first-order valence-electron chi connectivity index (χ1n) is 7.18. The zero-order valence-corrected chi connectivity index (χ0v) is 12.1. The van der Waals surface area contributed by atoms with Crippen LogP contribution in [0.25, 0.3) is 5.52 Å². The number of carbonyl (C=O) groups is 1. The number of ether oxygens (including phenoxy) is 2. The Kier molecular flexibility index (Phi) is 3.11. The Morgan fingerprint density at radius 3 is 2.87 bits per heavy atom. The van der Waals surface area contributed by atoms with Gasteiger partial charge in [0.05, 0.1) is 11.7 Å². The first-order valence-corrected chi connectivity index (χ1v) is 7.18. The van der Waals surface area contributed by atoms with Crippen LogP contribution in [0.2, 0.25) is 0 Å². The fraction of sp³-hybridized carbons (Fsp3) is 0.188. The van der Waals surface area contributed by atoms with E-state index >= 15 is 0 Å². The summed E-state index contributed by atoms with van der Waals surface area (Å²) in [6.07, 6.45) is 3.20. The van der Waals surface area contributed by atoms with Crippen LogP contribution in [0.3, 0.4) is 0 Å². The molecule has 0 radical (unpaired) electrons. The van der Waals surface area contributed by atoms with E-state index in [1.54, 1.807) is 42.7 Å². The Morgan fingerprint density at radius 2 is 2.00 bits per heavy atom. The Labute approximate surface area is 130 Å². The highest BCUT2D eigenvalue weighted by atomic mass is 16.6.